The van der Waals surface area contributed by atoms with Gasteiger partial charge in [0, 0.05) is 92.0 Å². The van der Waals surface area contributed by atoms with Gasteiger partial charge >= 0.3 is 0 Å². The van der Waals surface area contributed by atoms with Crippen LogP contribution in [0, 0.1) is 81.2 Å². The first-order valence-corrected chi connectivity index (χ1v) is 43.8. The number of halogens is 3. The Balaban J connectivity index is 0.000000123. The van der Waals surface area contributed by atoms with Crippen molar-refractivity contribution in [2.45, 2.75) is 64.8 Å². The molecule has 664 valence electrons. The first-order chi connectivity index (χ1) is 65.5. The van der Waals surface area contributed by atoms with E-state index in [1.807, 2.05) is 181 Å². The molecular weight excluding hydrogens is 1890 g/mol. The highest BCUT2D eigenvalue weighted by molar-refractivity contribution is 14.1. The number of benzene rings is 10. The highest BCUT2D eigenvalue weighted by Gasteiger charge is 2.36. The van der Waals surface area contributed by atoms with Crippen molar-refractivity contribution < 1.29 is 33.3 Å². The lowest BCUT2D eigenvalue weighted by atomic mass is 9.97. The molecule has 0 aliphatic carbocycles. The lowest BCUT2D eigenvalue weighted by Gasteiger charge is -2.13. The molecule has 10 heterocycles. The number of aliphatic imine (C=N–C) groups is 5. The van der Waals surface area contributed by atoms with Crippen molar-refractivity contribution in [3.05, 3.63) is 414 Å². The molecule has 20 rings (SSSR count). The quantitative estimate of drug-likeness (QED) is 0.0349. The molecule has 0 fully saturated rings. The predicted octanol–water partition coefficient (Wildman–Crippen LogP) is 15.7. The largest absolute Gasteiger partial charge is 0.364 e. The highest BCUT2D eigenvalue weighted by Crippen LogP contribution is 2.41. The van der Waals surface area contributed by atoms with Crippen molar-refractivity contribution in [3.8, 4) is 90.2 Å². The third-order valence-electron chi connectivity index (χ3n) is 23.0. The Hall–Kier alpha value is -17.7. The van der Waals surface area contributed by atoms with E-state index in [9.17, 15) is 38.5 Å². The third-order valence-corrected chi connectivity index (χ3v) is 24.6. The van der Waals surface area contributed by atoms with Crippen LogP contribution in [0.4, 0.5) is 10.1 Å². The van der Waals surface area contributed by atoms with E-state index in [4.69, 9.17) is 85.7 Å². The molecular formula is C105H76BrFIN21O7. The summed E-state index contributed by atoms with van der Waals surface area (Å²) >= 11 is 5.91. The minimum atomic E-state index is -0.670. The number of nitro groups is 1. The number of nitrogens with zero attached hydrogens (tertiary/aromatic N) is 16. The number of primary amides is 5. The number of amides is 5. The van der Waals surface area contributed by atoms with Gasteiger partial charge in [-0.3, -0.25) is 81.9 Å². The fourth-order valence-electron chi connectivity index (χ4n) is 16.9. The number of hydrogen-bond donors (Lipinski definition) is 5. The molecule has 5 atom stereocenters. The highest BCUT2D eigenvalue weighted by atomic mass is 127. The summed E-state index contributed by atoms with van der Waals surface area (Å²) in [4.78, 5) is 116. The normalized spacial score (nSPS) is 15.1. The number of rotatable bonds is 11. The van der Waals surface area contributed by atoms with Gasteiger partial charge in [-0.05, 0) is 179 Å². The average molecular weight is 1970 g/mol. The zero-order valence-corrected chi connectivity index (χ0v) is 76.7. The zero-order chi connectivity index (χ0) is 96.4. The Bertz CT molecular complexity index is 7510. The SMILES string of the molecule is C#Cc1ccc2c(c1)C(c1ccccc1)=N[C@@H](C)c1c(C(N)=O)ncn1-2.C#Cc1ccc2c(c1)C(c1ccccc1Br)=N[C@H](C)c1c(C(N)=O)ncn1-2.C#Cc1ccc2c(c1)C(c1ccccc1F)=N[C@@H](C)c1c(C(N)=O)ncn1-2.C#Cc1ccc2c(c1)C(c1ccccc1I)=N[C@@H](C)c1c(C(N)=O)ncn1-2.C#Cc1ccc2c(c1)C(c1ccccc1[N+](=O)[O-])=N[C@H](C)c1c(C(N)=O)ncn1-2. The van der Waals surface area contributed by atoms with Crippen LogP contribution in [-0.2, 0) is 0 Å². The third kappa shape index (κ3) is 17.4. The predicted molar refractivity (Wildman–Crippen MR) is 530 cm³/mol. The van der Waals surface area contributed by atoms with Crippen LogP contribution in [0.2, 0.25) is 0 Å². The maximum Gasteiger partial charge on any atom is 0.278 e. The molecule has 0 radical (unpaired) electrons. The summed E-state index contributed by atoms with van der Waals surface area (Å²) in [5.41, 5.74) is 49.9. The number of nitro benzene ring substituents is 1. The minimum absolute atomic E-state index is 0.0738. The average Bonchev–Trinajstić information content (AvgIpc) is 1.62. The van der Waals surface area contributed by atoms with Gasteiger partial charge in [-0.1, -0.05) is 137 Å². The monoisotopic (exact) mass is 1970 g/mol. The van der Waals surface area contributed by atoms with Gasteiger partial charge in [0.1, 0.15) is 37.5 Å². The van der Waals surface area contributed by atoms with Crippen molar-refractivity contribution >= 4 is 102 Å². The van der Waals surface area contributed by atoms with Gasteiger partial charge < -0.3 is 28.7 Å². The first kappa shape index (κ1) is 91.6. The van der Waals surface area contributed by atoms with E-state index in [-0.39, 0.29) is 58.1 Å². The lowest BCUT2D eigenvalue weighted by Crippen LogP contribution is -2.15. The molecule has 10 N–H and O–H groups in total. The summed E-state index contributed by atoms with van der Waals surface area (Å²) in [5.74, 6) is 9.81. The molecule has 31 heteroatoms. The molecule has 5 aromatic heterocycles. The molecule has 0 saturated carbocycles. The smallest absolute Gasteiger partial charge is 0.278 e. The number of nitrogens with two attached hydrogens (primary N) is 5. The van der Waals surface area contributed by atoms with Gasteiger partial charge in [-0.15, -0.1) is 32.1 Å². The van der Waals surface area contributed by atoms with E-state index in [1.54, 1.807) is 102 Å². The molecule has 136 heavy (non-hydrogen) atoms. The second-order valence-corrected chi connectivity index (χ2v) is 33.3. The van der Waals surface area contributed by atoms with Crippen molar-refractivity contribution in [2.75, 3.05) is 0 Å². The fourth-order valence-corrected chi connectivity index (χ4v) is 18.0. The number of imidazole rings is 5. The van der Waals surface area contributed by atoms with E-state index in [0.29, 0.717) is 84.6 Å². The topological polar surface area (TPSA) is 409 Å². The molecule has 28 nitrogen and oxygen atoms in total. The van der Waals surface area contributed by atoms with Crippen LogP contribution in [0.25, 0.3) is 28.4 Å². The van der Waals surface area contributed by atoms with Gasteiger partial charge in [0.2, 0.25) is 0 Å². The molecule has 15 aromatic rings. The summed E-state index contributed by atoms with van der Waals surface area (Å²) in [6.45, 7) is 9.38. The maximum atomic E-state index is 14.6. The number of carbonyl (C=O) groups is 5. The van der Waals surface area contributed by atoms with Gasteiger partial charge in [0.15, 0.2) is 28.5 Å². The summed E-state index contributed by atoms with van der Waals surface area (Å²) < 4.78 is 25.7. The Labute approximate surface area is 800 Å². The van der Waals surface area contributed by atoms with E-state index >= 15 is 0 Å². The van der Waals surface area contributed by atoms with Crippen molar-refractivity contribution in [3.63, 3.8) is 0 Å². The second-order valence-electron chi connectivity index (χ2n) is 31.3. The molecule has 0 spiro atoms. The Morgan fingerprint density at radius 3 is 0.912 bits per heavy atom. The van der Waals surface area contributed by atoms with E-state index in [2.05, 4.69) is 93.0 Å². The summed E-state index contributed by atoms with van der Waals surface area (Å²) in [7, 11) is 0. The van der Waals surface area contributed by atoms with Gasteiger partial charge in [-0.25, -0.2) is 29.3 Å². The fraction of sp³-hybridized carbons (Fsp3) is 0.0952. The second kappa shape index (κ2) is 38.4. The van der Waals surface area contributed by atoms with Crippen LogP contribution in [0.3, 0.4) is 0 Å². The Kier molecular flexibility index (Phi) is 25.8. The van der Waals surface area contributed by atoms with E-state index < -0.39 is 46.5 Å². The zero-order valence-electron chi connectivity index (χ0n) is 73.0. The van der Waals surface area contributed by atoms with Crippen LogP contribution in [0.15, 0.2) is 279 Å². The van der Waals surface area contributed by atoms with Gasteiger partial charge in [0.05, 0.1) is 126 Å². The molecule has 5 aliphatic heterocycles. The molecule has 5 aliphatic rings. The van der Waals surface area contributed by atoms with Crippen LogP contribution < -0.4 is 28.7 Å². The van der Waals surface area contributed by atoms with Crippen LogP contribution in [0.5, 0.6) is 0 Å². The van der Waals surface area contributed by atoms with Crippen LogP contribution in [0.1, 0.15) is 229 Å². The number of hydrogen-bond acceptors (Lipinski definition) is 17. The first-order valence-electron chi connectivity index (χ1n) is 41.9. The Morgan fingerprint density at radius 2 is 0.603 bits per heavy atom. The summed E-state index contributed by atoms with van der Waals surface area (Å²) in [6.07, 6.45) is 35.9. The molecule has 5 amide bonds. The van der Waals surface area contributed by atoms with Crippen LogP contribution in [-0.4, -0.2) is 111 Å². The van der Waals surface area contributed by atoms with Crippen molar-refractivity contribution in [1.29, 1.82) is 0 Å². The maximum absolute atomic E-state index is 14.6. The number of carbonyl (C=O) groups excluding carboxylic acids is 5. The van der Waals surface area contributed by atoms with Crippen molar-refractivity contribution in [2.24, 2.45) is 53.6 Å². The number of para-hydroxylation sites is 1. The number of aromatic nitrogens is 10. The number of fused-ring (bicyclic) bond motifs is 15. The standard InChI is InChI=1S/C21H15BrN4O.C21H15FN4O.C21H15IN4O.C21H15N5O3.C21H16N4O/c3*1-3-13-8-9-17-15(10-13)18(14-6-4-5-7-16(14)22)25-12(2)20-19(21(23)27)24-11-26(17)20;1-3-13-8-9-16-15(10-13)18(14-6-4-5-7-17(14)26(28)29)24-12(2)20-19(21(22)27)23-11-25(16)20;1-3-14-9-10-17-16(11-14)18(15-7-5-4-6-8-15)24-13(2)20-19(21(22)26)23-12-25(17)20/h3*1,4-12H,2H3,(H2,23,27);1,4-12H,2H3,(H2,22,27);1,4-13H,2H3,(H2,22,26)/t4*12-;13-/m10010/s1. The van der Waals surface area contributed by atoms with Gasteiger partial charge in [-0.2, -0.15) is 0 Å². The van der Waals surface area contributed by atoms with E-state index in [0.717, 1.165) is 92.3 Å². The lowest BCUT2D eigenvalue weighted by molar-refractivity contribution is -0.385. The molecule has 10 aromatic carbocycles. The molecule has 0 unspecified atom stereocenters. The van der Waals surface area contributed by atoms with Crippen LogP contribution >= 0.6 is 38.5 Å². The summed E-state index contributed by atoms with van der Waals surface area (Å²) in [5, 5.41) is 11.6. The number of terminal acetylenes is 5. The van der Waals surface area contributed by atoms with E-state index in [1.165, 1.54) is 24.8 Å². The van der Waals surface area contributed by atoms with Gasteiger partial charge in [0.25, 0.3) is 35.2 Å². The minimum Gasteiger partial charge on any atom is -0.364 e. The molecule has 0 bridgehead atoms. The molecule has 0 saturated heterocycles. The van der Waals surface area contributed by atoms with Crippen molar-refractivity contribution in [1.82, 2.24) is 47.8 Å². The Morgan fingerprint density at radius 1 is 0.346 bits per heavy atom. The summed E-state index contributed by atoms with van der Waals surface area (Å²) in [6, 6.07) is 64.6.